The predicted octanol–water partition coefficient (Wildman–Crippen LogP) is 4.98. The van der Waals surface area contributed by atoms with Crippen molar-refractivity contribution in [2.45, 2.75) is 58.7 Å². The molecule has 8 nitrogen and oxygen atoms in total. The minimum absolute atomic E-state index is 0.0208. The Morgan fingerprint density at radius 1 is 1.09 bits per heavy atom. The van der Waals surface area contributed by atoms with Gasteiger partial charge in [0.05, 0.1) is 0 Å². The third kappa shape index (κ3) is 8.04. The quantitative estimate of drug-likeness (QED) is 0.241. The molecule has 0 rings (SSSR count). The molecular formula is C14H28N6O2Si. The first-order chi connectivity index (χ1) is 10.5. The highest BCUT2D eigenvalue weighted by Gasteiger charge is 2.37. The summed E-state index contributed by atoms with van der Waals surface area (Å²) in [6.07, 6.45) is 0.514. The number of azide groups is 2. The van der Waals surface area contributed by atoms with Crippen LogP contribution in [0.1, 0.15) is 40.5 Å². The van der Waals surface area contributed by atoms with Crippen LogP contribution in [-0.4, -0.2) is 33.8 Å². The summed E-state index contributed by atoms with van der Waals surface area (Å²) in [5.74, 6) is 0.0208. The molecule has 0 aromatic heterocycles. The van der Waals surface area contributed by atoms with Crippen LogP contribution in [0, 0.1) is 5.41 Å². The standard InChI is InChI=1S/C14H28N6O2Si/c1-13(2,3)23(5,6)22-8-7-12(21)9-14(4,10-17-19-15)11-18-20-16/h7-11H2,1-6H3. The summed E-state index contributed by atoms with van der Waals surface area (Å²) in [6.45, 7) is 13.2. The Bertz CT molecular complexity index is 482. The van der Waals surface area contributed by atoms with Gasteiger partial charge in [-0.1, -0.05) is 37.9 Å². The van der Waals surface area contributed by atoms with Gasteiger partial charge in [-0.05, 0) is 34.6 Å². The second-order valence-corrected chi connectivity index (χ2v) is 12.5. The van der Waals surface area contributed by atoms with Crippen molar-refractivity contribution in [1.82, 2.24) is 0 Å². The Balaban J connectivity index is 4.60. The molecule has 0 saturated heterocycles. The second-order valence-electron chi connectivity index (χ2n) is 7.66. The molecule has 0 aliphatic carbocycles. The maximum atomic E-state index is 12.2. The summed E-state index contributed by atoms with van der Waals surface area (Å²) in [5.41, 5.74) is 16.3. The molecule has 0 aromatic rings. The van der Waals surface area contributed by atoms with E-state index in [9.17, 15) is 4.79 Å². The van der Waals surface area contributed by atoms with Crippen LogP contribution in [0.3, 0.4) is 0 Å². The molecule has 0 bridgehead atoms. The normalized spacial score (nSPS) is 14.3. The molecule has 9 heteroatoms. The summed E-state index contributed by atoms with van der Waals surface area (Å²) in [6, 6.07) is 0. The Hall–Kier alpha value is -1.53. The fraction of sp³-hybridized carbons (Fsp3) is 0.929. The van der Waals surface area contributed by atoms with Gasteiger partial charge in [-0.3, -0.25) is 4.79 Å². The number of nitrogens with zero attached hydrogens (tertiary/aromatic N) is 6. The average Bonchev–Trinajstić information content (AvgIpc) is 2.41. The summed E-state index contributed by atoms with van der Waals surface area (Å²) in [5, 5.41) is 7.15. The predicted molar refractivity (Wildman–Crippen MR) is 93.5 cm³/mol. The van der Waals surface area contributed by atoms with Crippen molar-refractivity contribution in [3.8, 4) is 0 Å². The van der Waals surface area contributed by atoms with E-state index in [4.69, 9.17) is 15.5 Å². The molecule has 0 spiro atoms. The molecular weight excluding hydrogens is 312 g/mol. The number of carbonyl (C=O) groups is 1. The SMILES string of the molecule is CC(CN=[N+]=[N-])(CN=[N+]=[N-])CC(=O)CCO[Si](C)(C)C(C)(C)C. The van der Waals surface area contributed by atoms with Crippen LogP contribution in [0.15, 0.2) is 10.2 Å². The van der Waals surface area contributed by atoms with Crippen molar-refractivity contribution in [2.75, 3.05) is 19.7 Å². The van der Waals surface area contributed by atoms with Gasteiger partial charge in [-0.2, -0.15) is 0 Å². The van der Waals surface area contributed by atoms with E-state index in [0.29, 0.717) is 13.0 Å². The highest BCUT2D eigenvalue weighted by Crippen LogP contribution is 2.36. The topological polar surface area (TPSA) is 124 Å². The largest absolute Gasteiger partial charge is 0.416 e. The van der Waals surface area contributed by atoms with E-state index < -0.39 is 13.7 Å². The summed E-state index contributed by atoms with van der Waals surface area (Å²) in [7, 11) is -1.86. The fourth-order valence-corrected chi connectivity index (χ4v) is 2.81. The van der Waals surface area contributed by atoms with E-state index >= 15 is 0 Å². The van der Waals surface area contributed by atoms with Gasteiger partial charge in [0.1, 0.15) is 5.78 Å². The lowest BCUT2D eigenvalue weighted by atomic mass is 9.84. The van der Waals surface area contributed by atoms with E-state index in [0.717, 1.165) is 0 Å². The summed E-state index contributed by atoms with van der Waals surface area (Å²) in [4.78, 5) is 17.6. The van der Waals surface area contributed by atoms with Crippen molar-refractivity contribution in [3.63, 3.8) is 0 Å². The smallest absolute Gasteiger partial charge is 0.191 e. The minimum atomic E-state index is -1.86. The lowest BCUT2D eigenvalue weighted by Gasteiger charge is -2.36. The third-order valence-corrected chi connectivity index (χ3v) is 8.84. The Morgan fingerprint density at radius 3 is 1.96 bits per heavy atom. The van der Waals surface area contributed by atoms with Gasteiger partial charge in [0.25, 0.3) is 0 Å². The Labute approximate surface area is 139 Å². The van der Waals surface area contributed by atoms with Crippen LogP contribution in [-0.2, 0) is 9.22 Å². The van der Waals surface area contributed by atoms with Gasteiger partial charge in [0.15, 0.2) is 8.32 Å². The van der Waals surface area contributed by atoms with Crippen molar-refractivity contribution < 1.29 is 9.22 Å². The number of carbonyl (C=O) groups excluding carboxylic acids is 1. The lowest BCUT2D eigenvalue weighted by molar-refractivity contribution is -0.121. The van der Waals surface area contributed by atoms with Gasteiger partial charge in [0.2, 0.25) is 0 Å². The lowest BCUT2D eigenvalue weighted by Crippen LogP contribution is -2.41. The zero-order chi connectivity index (χ0) is 18.1. The van der Waals surface area contributed by atoms with E-state index in [-0.39, 0.29) is 30.3 Å². The molecule has 0 N–H and O–H groups in total. The number of ketones is 1. The summed E-state index contributed by atoms with van der Waals surface area (Å²) >= 11 is 0. The number of hydrogen-bond donors (Lipinski definition) is 0. The molecule has 0 amide bonds. The van der Waals surface area contributed by atoms with E-state index in [2.05, 4.69) is 53.9 Å². The highest BCUT2D eigenvalue weighted by atomic mass is 28.4. The number of Topliss-reactive ketones (excluding diaryl/α,β-unsaturated/α-hetero) is 1. The monoisotopic (exact) mass is 340 g/mol. The molecule has 130 valence electrons. The molecule has 0 aromatic carbocycles. The van der Waals surface area contributed by atoms with Gasteiger partial charge in [0, 0.05) is 42.4 Å². The second kappa shape index (κ2) is 8.93. The molecule has 0 aliphatic heterocycles. The van der Waals surface area contributed by atoms with Crippen molar-refractivity contribution in [1.29, 1.82) is 0 Å². The number of rotatable bonds is 10. The Kier molecular flexibility index (Phi) is 8.34. The number of hydrogen-bond acceptors (Lipinski definition) is 4. The van der Waals surface area contributed by atoms with Crippen LogP contribution in [0.4, 0.5) is 0 Å². The maximum absolute atomic E-state index is 12.2. The van der Waals surface area contributed by atoms with Crippen LogP contribution in [0.5, 0.6) is 0 Å². The van der Waals surface area contributed by atoms with Crippen LogP contribution < -0.4 is 0 Å². The van der Waals surface area contributed by atoms with Gasteiger partial charge in [-0.15, -0.1) is 0 Å². The van der Waals surface area contributed by atoms with Crippen LogP contribution in [0.25, 0.3) is 20.9 Å². The fourth-order valence-electron chi connectivity index (χ4n) is 1.77. The van der Waals surface area contributed by atoms with Gasteiger partial charge in [-0.25, -0.2) is 0 Å². The average molecular weight is 341 g/mol. The molecule has 0 saturated carbocycles. The molecule has 23 heavy (non-hydrogen) atoms. The summed E-state index contributed by atoms with van der Waals surface area (Å²) < 4.78 is 6.00. The van der Waals surface area contributed by atoms with Gasteiger partial charge < -0.3 is 4.43 Å². The molecule has 0 fully saturated rings. The first-order valence-corrected chi connectivity index (χ1v) is 10.6. The molecule has 0 heterocycles. The van der Waals surface area contributed by atoms with Crippen LogP contribution in [0.2, 0.25) is 18.1 Å². The zero-order valence-electron chi connectivity index (χ0n) is 15.0. The molecule has 0 unspecified atom stereocenters. The first-order valence-electron chi connectivity index (χ1n) is 7.65. The minimum Gasteiger partial charge on any atom is -0.416 e. The van der Waals surface area contributed by atoms with Crippen LogP contribution >= 0.6 is 0 Å². The van der Waals surface area contributed by atoms with Crippen molar-refractivity contribution in [2.24, 2.45) is 15.6 Å². The third-order valence-electron chi connectivity index (χ3n) is 4.31. The molecule has 0 atom stereocenters. The van der Waals surface area contributed by atoms with E-state index in [1.54, 1.807) is 6.92 Å². The van der Waals surface area contributed by atoms with Crippen molar-refractivity contribution in [3.05, 3.63) is 20.9 Å². The zero-order valence-corrected chi connectivity index (χ0v) is 16.0. The van der Waals surface area contributed by atoms with E-state index in [1.807, 2.05) is 0 Å². The maximum Gasteiger partial charge on any atom is 0.191 e. The first kappa shape index (κ1) is 21.5. The Morgan fingerprint density at radius 2 is 1.57 bits per heavy atom. The van der Waals surface area contributed by atoms with Gasteiger partial charge >= 0.3 is 0 Å². The highest BCUT2D eigenvalue weighted by molar-refractivity contribution is 6.74. The van der Waals surface area contributed by atoms with E-state index in [1.165, 1.54) is 0 Å². The molecule has 0 aliphatic rings. The molecule has 0 radical (unpaired) electrons. The van der Waals surface area contributed by atoms with Crippen molar-refractivity contribution >= 4 is 14.1 Å².